The fourth-order valence-corrected chi connectivity index (χ4v) is 2.97. The van der Waals surface area contributed by atoms with Crippen molar-refractivity contribution in [3.63, 3.8) is 0 Å². The molecule has 0 amide bonds. The van der Waals surface area contributed by atoms with Crippen molar-refractivity contribution in [3.05, 3.63) is 51.0 Å². The number of fused-ring (bicyclic) bond motifs is 1. The third-order valence-electron chi connectivity index (χ3n) is 3.26. The van der Waals surface area contributed by atoms with Gasteiger partial charge in [0.15, 0.2) is 11.5 Å². The van der Waals surface area contributed by atoms with E-state index in [-0.39, 0.29) is 12.8 Å². The van der Waals surface area contributed by atoms with Crippen molar-refractivity contribution in [1.82, 2.24) is 0 Å². The van der Waals surface area contributed by atoms with Crippen molar-refractivity contribution in [1.29, 1.82) is 0 Å². The van der Waals surface area contributed by atoms with E-state index in [1.54, 1.807) is 12.1 Å². The molecule has 21 heavy (non-hydrogen) atoms. The van der Waals surface area contributed by atoms with Crippen LogP contribution in [0.5, 0.6) is 11.5 Å². The molecule has 1 unspecified atom stereocenters. The molecule has 0 radical (unpaired) electrons. The molecule has 0 saturated carbocycles. The summed E-state index contributed by atoms with van der Waals surface area (Å²) in [5.74, 6) is 1.33. The van der Waals surface area contributed by atoms with E-state index in [2.05, 4.69) is 5.32 Å². The SMILES string of the molecule is CC(Nc1cc2c(cc1Cl)OCO2)c1ccc(Cl)cc1Cl. The fourth-order valence-electron chi connectivity index (χ4n) is 2.19. The minimum atomic E-state index is -0.0346. The van der Waals surface area contributed by atoms with Crippen molar-refractivity contribution in [2.24, 2.45) is 0 Å². The Morgan fingerprint density at radius 3 is 2.43 bits per heavy atom. The lowest BCUT2D eigenvalue weighted by molar-refractivity contribution is 0.174. The van der Waals surface area contributed by atoms with Crippen molar-refractivity contribution in [2.75, 3.05) is 12.1 Å². The zero-order valence-electron chi connectivity index (χ0n) is 11.1. The monoisotopic (exact) mass is 343 g/mol. The number of nitrogens with one attached hydrogen (secondary N) is 1. The fraction of sp³-hybridized carbons (Fsp3) is 0.200. The Bertz CT molecular complexity index is 691. The predicted molar refractivity (Wildman–Crippen MR) is 86.1 cm³/mol. The molecule has 110 valence electrons. The summed E-state index contributed by atoms with van der Waals surface area (Å²) in [6.45, 7) is 2.21. The van der Waals surface area contributed by atoms with E-state index in [1.165, 1.54) is 0 Å². The molecule has 0 saturated heterocycles. The Balaban J connectivity index is 1.86. The van der Waals surface area contributed by atoms with Gasteiger partial charge in [-0.05, 0) is 24.6 Å². The van der Waals surface area contributed by atoms with Crippen molar-refractivity contribution in [3.8, 4) is 11.5 Å². The van der Waals surface area contributed by atoms with Gasteiger partial charge < -0.3 is 14.8 Å². The maximum Gasteiger partial charge on any atom is 0.231 e. The number of rotatable bonds is 3. The number of anilines is 1. The summed E-state index contributed by atoms with van der Waals surface area (Å²) >= 11 is 18.4. The molecule has 1 atom stereocenters. The van der Waals surface area contributed by atoms with Gasteiger partial charge in [0.25, 0.3) is 0 Å². The lowest BCUT2D eigenvalue weighted by atomic mass is 10.1. The van der Waals surface area contributed by atoms with E-state index >= 15 is 0 Å². The first-order valence-electron chi connectivity index (χ1n) is 6.35. The molecular formula is C15H12Cl3NO2. The van der Waals surface area contributed by atoms with E-state index in [0.717, 1.165) is 11.3 Å². The molecule has 1 N–H and O–H groups in total. The topological polar surface area (TPSA) is 30.5 Å². The molecule has 2 aromatic rings. The van der Waals surface area contributed by atoms with Crippen LogP contribution in [0.25, 0.3) is 0 Å². The Morgan fingerprint density at radius 1 is 1.00 bits per heavy atom. The second-order valence-electron chi connectivity index (χ2n) is 4.72. The third kappa shape index (κ3) is 3.00. The van der Waals surface area contributed by atoms with Gasteiger partial charge >= 0.3 is 0 Å². The predicted octanol–water partition coefficient (Wildman–Crippen LogP) is 5.55. The Labute approximate surface area is 137 Å². The Morgan fingerprint density at radius 2 is 1.71 bits per heavy atom. The van der Waals surface area contributed by atoms with Crippen molar-refractivity contribution < 1.29 is 9.47 Å². The zero-order valence-corrected chi connectivity index (χ0v) is 13.4. The summed E-state index contributed by atoms with van der Waals surface area (Å²) in [6, 6.07) is 8.95. The molecule has 0 bridgehead atoms. The van der Waals surface area contributed by atoms with Gasteiger partial charge in [-0.1, -0.05) is 40.9 Å². The van der Waals surface area contributed by atoms with Crippen LogP contribution < -0.4 is 14.8 Å². The molecule has 2 aromatic carbocycles. The normalized spacial score (nSPS) is 14.1. The van der Waals surface area contributed by atoms with Gasteiger partial charge in [-0.2, -0.15) is 0 Å². The zero-order chi connectivity index (χ0) is 15.0. The molecular weight excluding hydrogens is 333 g/mol. The van der Waals surface area contributed by atoms with E-state index in [1.807, 2.05) is 25.1 Å². The first kappa shape index (κ1) is 14.6. The molecule has 0 fully saturated rings. The molecule has 0 spiro atoms. The van der Waals surface area contributed by atoms with Crippen molar-refractivity contribution in [2.45, 2.75) is 13.0 Å². The van der Waals surface area contributed by atoms with Crippen LogP contribution in [0, 0.1) is 0 Å². The van der Waals surface area contributed by atoms with Crippen LogP contribution in [0.2, 0.25) is 15.1 Å². The molecule has 6 heteroatoms. The van der Waals surface area contributed by atoms with Gasteiger partial charge in [0, 0.05) is 22.2 Å². The highest BCUT2D eigenvalue weighted by molar-refractivity contribution is 6.35. The van der Waals surface area contributed by atoms with Crippen LogP contribution in [0.15, 0.2) is 30.3 Å². The standard InChI is InChI=1S/C15H12Cl3NO2/c1-8(10-3-2-9(16)4-11(10)17)19-13-6-15-14(5-12(13)18)20-7-21-15/h2-6,8,19H,7H2,1H3. The largest absolute Gasteiger partial charge is 0.454 e. The average Bonchev–Trinajstić information content (AvgIpc) is 2.86. The second kappa shape index (κ2) is 5.84. The quantitative estimate of drug-likeness (QED) is 0.792. The van der Waals surface area contributed by atoms with Crippen LogP contribution in [0.4, 0.5) is 5.69 Å². The van der Waals surface area contributed by atoms with Gasteiger partial charge in [-0.15, -0.1) is 0 Å². The minimum absolute atomic E-state index is 0.0346. The van der Waals surface area contributed by atoms with E-state index in [9.17, 15) is 0 Å². The molecule has 3 nitrogen and oxygen atoms in total. The number of benzene rings is 2. The Kier molecular flexibility index (Phi) is 4.07. The van der Waals surface area contributed by atoms with Crippen LogP contribution in [-0.2, 0) is 0 Å². The maximum atomic E-state index is 6.25. The Hall–Kier alpha value is -1.29. The lowest BCUT2D eigenvalue weighted by Crippen LogP contribution is -2.07. The van der Waals surface area contributed by atoms with Crippen LogP contribution in [-0.4, -0.2) is 6.79 Å². The van der Waals surface area contributed by atoms with Gasteiger partial charge in [-0.25, -0.2) is 0 Å². The van der Waals surface area contributed by atoms with Gasteiger partial charge in [0.2, 0.25) is 6.79 Å². The summed E-state index contributed by atoms with van der Waals surface area (Å²) < 4.78 is 10.6. The van der Waals surface area contributed by atoms with Gasteiger partial charge in [0.1, 0.15) is 0 Å². The summed E-state index contributed by atoms with van der Waals surface area (Å²) in [7, 11) is 0. The highest BCUT2D eigenvalue weighted by Crippen LogP contribution is 2.40. The number of halogens is 3. The summed E-state index contributed by atoms with van der Waals surface area (Å²) in [4.78, 5) is 0. The van der Waals surface area contributed by atoms with Gasteiger partial charge in [-0.3, -0.25) is 0 Å². The van der Waals surface area contributed by atoms with Crippen LogP contribution in [0.1, 0.15) is 18.5 Å². The van der Waals surface area contributed by atoms with E-state index in [4.69, 9.17) is 44.3 Å². The second-order valence-corrected chi connectivity index (χ2v) is 5.97. The number of hydrogen-bond donors (Lipinski definition) is 1. The lowest BCUT2D eigenvalue weighted by Gasteiger charge is -2.18. The highest BCUT2D eigenvalue weighted by atomic mass is 35.5. The summed E-state index contributed by atoms with van der Waals surface area (Å²) in [6.07, 6.45) is 0. The molecule has 0 aromatic heterocycles. The molecule has 3 rings (SSSR count). The first-order chi connectivity index (χ1) is 10.0. The van der Waals surface area contributed by atoms with Crippen LogP contribution in [0.3, 0.4) is 0 Å². The molecule has 1 heterocycles. The smallest absolute Gasteiger partial charge is 0.231 e. The maximum absolute atomic E-state index is 6.25. The van der Waals surface area contributed by atoms with Crippen LogP contribution >= 0.6 is 34.8 Å². The van der Waals surface area contributed by atoms with Crippen molar-refractivity contribution >= 4 is 40.5 Å². The highest BCUT2D eigenvalue weighted by Gasteiger charge is 2.18. The molecule has 1 aliphatic heterocycles. The summed E-state index contributed by atoms with van der Waals surface area (Å²) in [5, 5.41) is 5.11. The summed E-state index contributed by atoms with van der Waals surface area (Å²) in [5.41, 5.74) is 1.70. The molecule has 0 aliphatic carbocycles. The number of hydrogen-bond acceptors (Lipinski definition) is 3. The van der Waals surface area contributed by atoms with E-state index < -0.39 is 0 Å². The first-order valence-corrected chi connectivity index (χ1v) is 7.48. The minimum Gasteiger partial charge on any atom is -0.454 e. The third-order valence-corrected chi connectivity index (χ3v) is 4.14. The van der Waals surface area contributed by atoms with Gasteiger partial charge in [0.05, 0.1) is 16.8 Å². The number of ether oxygens (including phenoxy) is 2. The molecule has 1 aliphatic rings. The average molecular weight is 345 g/mol. The van der Waals surface area contributed by atoms with E-state index in [0.29, 0.717) is 26.6 Å².